The molecule has 2 atom stereocenters. The molecule has 2 aliphatic heterocycles. The largest absolute Gasteiger partial charge is 0.353 e. The third kappa shape index (κ3) is 0.806. The average Bonchev–Trinajstić information content (AvgIpc) is 2.45. The van der Waals surface area contributed by atoms with Gasteiger partial charge in [-0.3, -0.25) is 9.79 Å². The van der Waals surface area contributed by atoms with Crippen LogP contribution >= 0.6 is 0 Å². The molecule has 2 rings (SSSR count). The molecule has 0 saturated carbocycles. The summed E-state index contributed by atoms with van der Waals surface area (Å²) < 4.78 is 0. The lowest BCUT2D eigenvalue weighted by molar-refractivity contribution is -0.128. The van der Waals surface area contributed by atoms with Crippen LogP contribution in [-0.4, -0.2) is 42.7 Å². The van der Waals surface area contributed by atoms with E-state index in [1.165, 1.54) is 17.6 Å². The van der Waals surface area contributed by atoms with Crippen molar-refractivity contribution in [3.63, 3.8) is 0 Å². The van der Waals surface area contributed by atoms with E-state index in [1.54, 1.807) is 7.05 Å². The molecule has 5 heteroatoms. The molecule has 0 spiro atoms. The number of nitrogens with one attached hydrogen (secondary N) is 1. The standard InChI is InChI=1S/C6H8N4O/c1-10-3-9-5-4(6(10)11)7-2-8-5/h2-5H,1H3,(H,7,8). The Morgan fingerprint density at radius 2 is 2.45 bits per heavy atom. The molecule has 2 aliphatic rings. The predicted molar refractivity (Wildman–Crippen MR) is 40.5 cm³/mol. The molecule has 11 heavy (non-hydrogen) atoms. The Kier molecular flexibility index (Phi) is 1.18. The summed E-state index contributed by atoms with van der Waals surface area (Å²) in [6, 6.07) is -0.343. The normalized spacial score (nSPS) is 33.9. The Bertz CT molecular complexity index is 247. The Balaban J connectivity index is 2.30. The number of fused-ring (bicyclic) bond motifs is 1. The second-order valence-corrected chi connectivity index (χ2v) is 2.55. The summed E-state index contributed by atoms with van der Waals surface area (Å²) in [7, 11) is 1.68. The fourth-order valence-electron chi connectivity index (χ4n) is 1.13. The van der Waals surface area contributed by atoms with Crippen LogP contribution in [0.1, 0.15) is 0 Å². The summed E-state index contributed by atoms with van der Waals surface area (Å²) in [5.41, 5.74) is 0. The van der Waals surface area contributed by atoms with Crippen molar-refractivity contribution in [3.8, 4) is 0 Å². The van der Waals surface area contributed by atoms with Gasteiger partial charge in [-0.05, 0) is 0 Å². The van der Waals surface area contributed by atoms with Gasteiger partial charge in [-0.2, -0.15) is 0 Å². The maximum atomic E-state index is 11.3. The van der Waals surface area contributed by atoms with E-state index in [4.69, 9.17) is 0 Å². The first-order chi connectivity index (χ1) is 5.29. The number of carbonyl (C=O) groups excluding carboxylic acids is 1. The smallest absolute Gasteiger partial charge is 0.256 e. The quantitative estimate of drug-likeness (QED) is 0.474. The molecule has 0 aliphatic carbocycles. The maximum absolute atomic E-state index is 11.3. The lowest BCUT2D eigenvalue weighted by Gasteiger charge is -2.23. The second-order valence-electron chi connectivity index (χ2n) is 2.55. The summed E-state index contributed by atoms with van der Waals surface area (Å²) in [6.45, 7) is 0. The van der Waals surface area contributed by atoms with Crippen molar-refractivity contribution in [2.24, 2.45) is 9.98 Å². The molecule has 0 fully saturated rings. The second kappa shape index (κ2) is 2.05. The number of hydrogen-bond donors (Lipinski definition) is 1. The number of likely N-dealkylation sites (N-methyl/N-ethyl adjacent to an activating group) is 1. The highest BCUT2D eigenvalue weighted by Gasteiger charge is 2.34. The molecule has 0 radical (unpaired) electrons. The number of nitrogens with zero attached hydrogens (tertiary/aromatic N) is 3. The van der Waals surface area contributed by atoms with Crippen LogP contribution in [0.25, 0.3) is 0 Å². The van der Waals surface area contributed by atoms with E-state index in [1.807, 2.05) is 0 Å². The maximum Gasteiger partial charge on any atom is 0.256 e. The molecule has 2 heterocycles. The molecular formula is C6H8N4O. The highest BCUT2D eigenvalue weighted by molar-refractivity contribution is 5.95. The first kappa shape index (κ1) is 6.33. The van der Waals surface area contributed by atoms with Crippen LogP contribution in [0.3, 0.4) is 0 Å². The zero-order valence-corrected chi connectivity index (χ0v) is 6.06. The lowest BCUT2D eigenvalue weighted by Crippen LogP contribution is -2.46. The molecule has 5 nitrogen and oxygen atoms in total. The van der Waals surface area contributed by atoms with Crippen LogP contribution in [0.2, 0.25) is 0 Å². The Labute approximate surface area is 63.8 Å². The van der Waals surface area contributed by atoms with Gasteiger partial charge in [0.25, 0.3) is 5.91 Å². The number of rotatable bonds is 0. The molecule has 0 saturated heterocycles. The van der Waals surface area contributed by atoms with Crippen molar-refractivity contribution in [1.29, 1.82) is 0 Å². The Morgan fingerprint density at radius 1 is 1.64 bits per heavy atom. The Hall–Kier alpha value is -1.39. The van der Waals surface area contributed by atoms with E-state index in [0.717, 1.165) is 0 Å². The van der Waals surface area contributed by atoms with Gasteiger partial charge in [0.1, 0.15) is 0 Å². The molecule has 0 aromatic carbocycles. The molecule has 1 amide bonds. The van der Waals surface area contributed by atoms with Gasteiger partial charge in [0.15, 0.2) is 12.2 Å². The molecule has 0 aromatic heterocycles. The molecular weight excluding hydrogens is 144 g/mol. The van der Waals surface area contributed by atoms with Crippen molar-refractivity contribution in [1.82, 2.24) is 10.2 Å². The van der Waals surface area contributed by atoms with Crippen LogP contribution in [0.4, 0.5) is 0 Å². The minimum absolute atomic E-state index is 0.00810. The predicted octanol–water partition coefficient (Wildman–Crippen LogP) is -1.19. The van der Waals surface area contributed by atoms with Crippen LogP contribution in [0.5, 0.6) is 0 Å². The van der Waals surface area contributed by atoms with E-state index < -0.39 is 0 Å². The average molecular weight is 152 g/mol. The summed E-state index contributed by atoms with van der Waals surface area (Å²) >= 11 is 0. The first-order valence-corrected chi connectivity index (χ1v) is 3.37. The van der Waals surface area contributed by atoms with Gasteiger partial charge in [-0.15, -0.1) is 0 Å². The van der Waals surface area contributed by atoms with Crippen LogP contribution < -0.4 is 5.32 Å². The zero-order chi connectivity index (χ0) is 7.84. The van der Waals surface area contributed by atoms with Gasteiger partial charge in [0.2, 0.25) is 0 Å². The van der Waals surface area contributed by atoms with Crippen LogP contribution in [-0.2, 0) is 4.79 Å². The fraction of sp³-hybridized carbons (Fsp3) is 0.500. The molecule has 0 bridgehead atoms. The topological polar surface area (TPSA) is 57.1 Å². The van der Waals surface area contributed by atoms with Gasteiger partial charge < -0.3 is 10.2 Å². The SMILES string of the molecule is CN1C=NC2NC=NC2C1=O. The highest BCUT2D eigenvalue weighted by Crippen LogP contribution is 2.11. The number of aliphatic imine (C=N–C) groups is 2. The van der Waals surface area contributed by atoms with Crippen LogP contribution in [0.15, 0.2) is 9.98 Å². The van der Waals surface area contributed by atoms with E-state index in [2.05, 4.69) is 15.3 Å². The van der Waals surface area contributed by atoms with E-state index in [9.17, 15) is 4.79 Å². The molecule has 0 aromatic rings. The van der Waals surface area contributed by atoms with Crippen LogP contribution in [0, 0.1) is 0 Å². The van der Waals surface area contributed by atoms with Crippen molar-refractivity contribution in [2.45, 2.75) is 12.2 Å². The van der Waals surface area contributed by atoms with E-state index >= 15 is 0 Å². The fourth-order valence-corrected chi connectivity index (χ4v) is 1.13. The minimum Gasteiger partial charge on any atom is -0.353 e. The van der Waals surface area contributed by atoms with Gasteiger partial charge in [0.05, 0.1) is 12.7 Å². The van der Waals surface area contributed by atoms with Crippen molar-refractivity contribution < 1.29 is 4.79 Å². The third-order valence-corrected chi connectivity index (χ3v) is 1.78. The van der Waals surface area contributed by atoms with Gasteiger partial charge >= 0.3 is 0 Å². The minimum atomic E-state index is -0.343. The lowest BCUT2D eigenvalue weighted by atomic mass is 10.2. The van der Waals surface area contributed by atoms with Crippen molar-refractivity contribution in [3.05, 3.63) is 0 Å². The first-order valence-electron chi connectivity index (χ1n) is 3.37. The number of carbonyl (C=O) groups is 1. The van der Waals surface area contributed by atoms with Crippen molar-refractivity contribution in [2.75, 3.05) is 7.05 Å². The van der Waals surface area contributed by atoms with Crippen molar-refractivity contribution >= 4 is 18.6 Å². The zero-order valence-electron chi connectivity index (χ0n) is 6.06. The summed E-state index contributed by atoms with van der Waals surface area (Å²) in [6.07, 6.45) is 2.88. The van der Waals surface area contributed by atoms with E-state index in [-0.39, 0.29) is 18.1 Å². The van der Waals surface area contributed by atoms with Gasteiger partial charge in [0, 0.05) is 7.05 Å². The highest BCUT2D eigenvalue weighted by atomic mass is 16.2. The third-order valence-electron chi connectivity index (χ3n) is 1.78. The monoisotopic (exact) mass is 152 g/mol. The summed E-state index contributed by atoms with van der Waals surface area (Å²) in [5.74, 6) is -0.00810. The Morgan fingerprint density at radius 3 is 3.27 bits per heavy atom. The van der Waals surface area contributed by atoms with E-state index in [0.29, 0.717) is 0 Å². The molecule has 58 valence electrons. The number of amides is 1. The summed E-state index contributed by atoms with van der Waals surface area (Å²) in [5, 5.41) is 2.87. The molecule has 2 unspecified atom stereocenters. The number of hydrogen-bond acceptors (Lipinski definition) is 4. The van der Waals surface area contributed by atoms with Gasteiger partial charge in [-0.25, -0.2) is 4.99 Å². The molecule has 1 N–H and O–H groups in total. The summed E-state index contributed by atoms with van der Waals surface area (Å²) in [4.78, 5) is 20.8. The van der Waals surface area contributed by atoms with Gasteiger partial charge in [-0.1, -0.05) is 0 Å².